The van der Waals surface area contributed by atoms with Crippen molar-refractivity contribution < 1.29 is 14.6 Å². The van der Waals surface area contributed by atoms with Crippen molar-refractivity contribution >= 4 is 0 Å². The van der Waals surface area contributed by atoms with Gasteiger partial charge in [-0.05, 0) is 13.8 Å². The molecule has 1 aromatic heterocycles. The molecule has 1 aromatic rings. The molecule has 0 radical (unpaired) electrons. The van der Waals surface area contributed by atoms with Crippen LogP contribution in [0.25, 0.3) is 0 Å². The van der Waals surface area contributed by atoms with Gasteiger partial charge >= 0.3 is 0 Å². The summed E-state index contributed by atoms with van der Waals surface area (Å²) in [5, 5.41) is 14.4. The Morgan fingerprint density at radius 2 is 2.20 bits per heavy atom. The number of aromatic nitrogens is 2. The van der Waals surface area contributed by atoms with Gasteiger partial charge in [-0.3, -0.25) is 4.68 Å². The molecule has 0 bridgehead atoms. The molecule has 0 aliphatic rings. The van der Waals surface area contributed by atoms with Crippen molar-refractivity contribution in [2.75, 3.05) is 20.8 Å². The highest BCUT2D eigenvalue weighted by Crippen LogP contribution is 2.29. The molecule has 86 valence electrons. The number of rotatable bonds is 5. The summed E-state index contributed by atoms with van der Waals surface area (Å²) in [6.45, 7) is 4.52. The second kappa shape index (κ2) is 4.63. The fourth-order valence-electron chi connectivity index (χ4n) is 1.65. The Bertz CT molecular complexity index is 299. The van der Waals surface area contributed by atoms with Crippen molar-refractivity contribution in [3.63, 3.8) is 0 Å². The Morgan fingerprint density at radius 3 is 2.67 bits per heavy atom. The molecule has 5 nitrogen and oxygen atoms in total. The molecule has 1 unspecified atom stereocenters. The van der Waals surface area contributed by atoms with Crippen molar-refractivity contribution in [2.24, 2.45) is 0 Å². The van der Waals surface area contributed by atoms with Crippen LogP contribution in [0.5, 0.6) is 5.75 Å². The average Bonchev–Trinajstić information content (AvgIpc) is 2.60. The molecular formula is C10H18N2O3. The number of aryl methyl sites for hydroxylation is 1. The number of ether oxygens (including phenoxy) is 2. The van der Waals surface area contributed by atoms with Crippen LogP contribution in [-0.2, 0) is 16.9 Å². The molecule has 1 heterocycles. The molecule has 0 aromatic carbocycles. The van der Waals surface area contributed by atoms with Gasteiger partial charge in [0.05, 0.1) is 19.9 Å². The minimum atomic E-state index is -1.09. The van der Waals surface area contributed by atoms with Gasteiger partial charge in [-0.1, -0.05) is 0 Å². The predicted molar refractivity (Wildman–Crippen MR) is 55.9 cm³/mol. The highest BCUT2D eigenvalue weighted by Gasteiger charge is 2.31. The standard InChI is InChI=1S/C10H18N2O3/c1-5-12-9(8(15-4)6-11-12)10(2,13)7-14-3/h6,13H,5,7H2,1-4H3. The molecule has 0 fully saturated rings. The lowest BCUT2D eigenvalue weighted by Gasteiger charge is -2.24. The van der Waals surface area contributed by atoms with Crippen LogP contribution in [0, 0.1) is 0 Å². The zero-order chi connectivity index (χ0) is 11.5. The van der Waals surface area contributed by atoms with Crippen LogP contribution in [0.1, 0.15) is 19.5 Å². The lowest BCUT2D eigenvalue weighted by Crippen LogP contribution is -2.31. The van der Waals surface area contributed by atoms with E-state index >= 15 is 0 Å². The quantitative estimate of drug-likeness (QED) is 0.786. The van der Waals surface area contributed by atoms with Gasteiger partial charge in [0.2, 0.25) is 0 Å². The summed E-state index contributed by atoms with van der Waals surface area (Å²) in [6.07, 6.45) is 1.60. The third-order valence-corrected chi connectivity index (χ3v) is 2.26. The third kappa shape index (κ3) is 2.30. The summed E-state index contributed by atoms with van der Waals surface area (Å²) in [4.78, 5) is 0. The van der Waals surface area contributed by atoms with Crippen molar-refractivity contribution in [2.45, 2.75) is 26.0 Å². The van der Waals surface area contributed by atoms with Crippen LogP contribution >= 0.6 is 0 Å². The van der Waals surface area contributed by atoms with Gasteiger partial charge in [-0.25, -0.2) is 0 Å². The predicted octanol–water partition coefficient (Wildman–Crippen LogP) is 0.765. The Labute approximate surface area is 89.6 Å². The van der Waals surface area contributed by atoms with Crippen molar-refractivity contribution in [3.05, 3.63) is 11.9 Å². The molecule has 1 atom stereocenters. The Balaban J connectivity index is 3.13. The van der Waals surface area contributed by atoms with Gasteiger partial charge in [0.15, 0.2) is 5.75 Å². The second-order valence-electron chi connectivity index (χ2n) is 3.58. The fourth-order valence-corrected chi connectivity index (χ4v) is 1.65. The van der Waals surface area contributed by atoms with Crippen LogP contribution in [0.3, 0.4) is 0 Å². The molecule has 15 heavy (non-hydrogen) atoms. The molecule has 0 spiro atoms. The Hall–Kier alpha value is -1.07. The van der Waals surface area contributed by atoms with E-state index < -0.39 is 5.60 Å². The van der Waals surface area contributed by atoms with Crippen molar-refractivity contribution in [1.82, 2.24) is 9.78 Å². The van der Waals surface area contributed by atoms with Crippen molar-refractivity contribution in [1.29, 1.82) is 0 Å². The Kier molecular flexibility index (Phi) is 3.71. The zero-order valence-electron chi connectivity index (χ0n) is 9.65. The first-order valence-corrected chi connectivity index (χ1v) is 4.88. The van der Waals surface area contributed by atoms with E-state index in [1.807, 2.05) is 6.92 Å². The number of aliphatic hydroxyl groups is 1. The largest absolute Gasteiger partial charge is 0.493 e. The van der Waals surface area contributed by atoms with Crippen LogP contribution in [0.15, 0.2) is 6.20 Å². The van der Waals surface area contributed by atoms with E-state index in [0.29, 0.717) is 18.0 Å². The van der Waals surface area contributed by atoms with Crippen LogP contribution in [0.2, 0.25) is 0 Å². The van der Waals surface area contributed by atoms with Crippen LogP contribution in [0.4, 0.5) is 0 Å². The van der Waals surface area contributed by atoms with Gasteiger partial charge in [-0.15, -0.1) is 0 Å². The molecule has 5 heteroatoms. The molecule has 1 rings (SSSR count). The topological polar surface area (TPSA) is 56.5 Å². The summed E-state index contributed by atoms with van der Waals surface area (Å²) < 4.78 is 11.9. The van der Waals surface area contributed by atoms with E-state index in [1.54, 1.807) is 32.0 Å². The number of methoxy groups -OCH3 is 2. The SMILES string of the molecule is CCn1ncc(OC)c1C(C)(O)COC. The molecular weight excluding hydrogens is 196 g/mol. The first-order valence-electron chi connectivity index (χ1n) is 4.88. The van der Waals surface area contributed by atoms with Gasteiger partial charge in [0.25, 0.3) is 0 Å². The normalized spacial score (nSPS) is 15.0. The van der Waals surface area contributed by atoms with Gasteiger partial charge < -0.3 is 14.6 Å². The smallest absolute Gasteiger partial charge is 0.163 e. The minimum Gasteiger partial charge on any atom is -0.493 e. The summed E-state index contributed by atoms with van der Waals surface area (Å²) in [5.74, 6) is 0.582. The van der Waals surface area contributed by atoms with E-state index in [9.17, 15) is 5.11 Å². The lowest BCUT2D eigenvalue weighted by molar-refractivity contribution is -0.0285. The van der Waals surface area contributed by atoms with Crippen LogP contribution in [-0.4, -0.2) is 35.7 Å². The number of hydrogen-bond donors (Lipinski definition) is 1. The minimum absolute atomic E-state index is 0.203. The van der Waals surface area contributed by atoms with Crippen LogP contribution < -0.4 is 4.74 Å². The molecule has 0 saturated heterocycles. The fraction of sp³-hybridized carbons (Fsp3) is 0.700. The highest BCUT2D eigenvalue weighted by molar-refractivity contribution is 5.30. The molecule has 0 aliphatic heterocycles. The van der Waals surface area contributed by atoms with Gasteiger partial charge in [0, 0.05) is 13.7 Å². The molecule has 0 saturated carbocycles. The number of nitrogens with zero attached hydrogens (tertiary/aromatic N) is 2. The van der Waals surface area contributed by atoms with E-state index in [1.165, 1.54) is 0 Å². The maximum absolute atomic E-state index is 10.2. The second-order valence-corrected chi connectivity index (χ2v) is 3.58. The van der Waals surface area contributed by atoms with E-state index in [4.69, 9.17) is 9.47 Å². The number of hydrogen-bond acceptors (Lipinski definition) is 4. The van der Waals surface area contributed by atoms with Gasteiger partial charge in [0.1, 0.15) is 11.3 Å². The van der Waals surface area contributed by atoms with E-state index in [-0.39, 0.29) is 6.61 Å². The molecule has 0 aliphatic carbocycles. The van der Waals surface area contributed by atoms with Gasteiger partial charge in [-0.2, -0.15) is 5.10 Å². The zero-order valence-corrected chi connectivity index (χ0v) is 9.65. The first-order chi connectivity index (χ1) is 7.06. The summed E-state index contributed by atoms with van der Waals surface area (Å²) in [6, 6.07) is 0. The van der Waals surface area contributed by atoms with Crippen molar-refractivity contribution in [3.8, 4) is 5.75 Å². The maximum Gasteiger partial charge on any atom is 0.163 e. The summed E-state index contributed by atoms with van der Waals surface area (Å²) >= 11 is 0. The first kappa shape index (κ1) is 12.0. The Morgan fingerprint density at radius 1 is 1.53 bits per heavy atom. The van der Waals surface area contributed by atoms with E-state index in [2.05, 4.69) is 5.10 Å². The average molecular weight is 214 g/mol. The monoisotopic (exact) mass is 214 g/mol. The molecule has 1 N–H and O–H groups in total. The third-order valence-electron chi connectivity index (χ3n) is 2.26. The van der Waals surface area contributed by atoms with E-state index in [0.717, 1.165) is 0 Å². The molecule has 0 amide bonds. The summed E-state index contributed by atoms with van der Waals surface area (Å²) in [7, 11) is 3.11. The maximum atomic E-state index is 10.2. The highest BCUT2D eigenvalue weighted by atomic mass is 16.5. The lowest BCUT2D eigenvalue weighted by atomic mass is 10.0. The summed E-state index contributed by atoms with van der Waals surface area (Å²) in [5.41, 5.74) is -0.443.